The summed E-state index contributed by atoms with van der Waals surface area (Å²) in [6.07, 6.45) is 1.73. The number of ether oxygens (including phenoxy) is 1. The molecular weight excluding hydrogens is 240 g/mol. The van der Waals surface area contributed by atoms with Crippen molar-refractivity contribution in [2.45, 2.75) is 31.5 Å². The van der Waals surface area contributed by atoms with E-state index in [1.165, 1.54) is 11.1 Å². The second kappa shape index (κ2) is 5.31. The molecular formula is C15H20N2O2. The van der Waals surface area contributed by atoms with E-state index in [4.69, 9.17) is 4.74 Å². The minimum atomic E-state index is -0.0968. The van der Waals surface area contributed by atoms with Crippen LogP contribution >= 0.6 is 0 Å². The summed E-state index contributed by atoms with van der Waals surface area (Å²) in [7, 11) is 1.89. The van der Waals surface area contributed by atoms with Crippen molar-refractivity contribution in [3.05, 3.63) is 35.4 Å². The Balaban J connectivity index is 1.68. The largest absolute Gasteiger partial charge is 0.379 e. The van der Waals surface area contributed by atoms with Crippen LogP contribution in [0.5, 0.6) is 0 Å². The molecule has 0 bridgehead atoms. The lowest BCUT2D eigenvalue weighted by Crippen LogP contribution is -2.51. The summed E-state index contributed by atoms with van der Waals surface area (Å²) >= 11 is 0. The summed E-state index contributed by atoms with van der Waals surface area (Å²) in [5.41, 5.74) is 2.59. The zero-order valence-electron chi connectivity index (χ0n) is 11.3. The zero-order valence-corrected chi connectivity index (χ0v) is 11.3. The molecule has 2 aliphatic heterocycles. The SMILES string of the molecule is CN(C(=O)[C@@H]1Cc2ccccc2CN1)C1CCOC1. The number of nitrogens with one attached hydrogen (secondary N) is 1. The second-order valence-electron chi connectivity index (χ2n) is 5.37. The van der Waals surface area contributed by atoms with Crippen LogP contribution in [0.3, 0.4) is 0 Å². The first-order valence-electron chi connectivity index (χ1n) is 6.90. The van der Waals surface area contributed by atoms with Crippen molar-refractivity contribution in [2.24, 2.45) is 0 Å². The highest BCUT2D eigenvalue weighted by atomic mass is 16.5. The van der Waals surface area contributed by atoms with Gasteiger partial charge in [0.25, 0.3) is 0 Å². The number of rotatable bonds is 2. The molecule has 0 aliphatic carbocycles. The van der Waals surface area contributed by atoms with Crippen LogP contribution in [0.2, 0.25) is 0 Å². The molecule has 2 heterocycles. The van der Waals surface area contributed by atoms with Gasteiger partial charge in [-0.25, -0.2) is 0 Å². The first kappa shape index (κ1) is 12.6. The van der Waals surface area contributed by atoms with Crippen LogP contribution in [0.4, 0.5) is 0 Å². The Morgan fingerprint density at radius 3 is 2.89 bits per heavy atom. The first-order valence-corrected chi connectivity index (χ1v) is 6.90. The second-order valence-corrected chi connectivity index (χ2v) is 5.37. The number of fused-ring (bicyclic) bond motifs is 1. The monoisotopic (exact) mass is 260 g/mol. The lowest BCUT2D eigenvalue weighted by molar-refractivity contribution is -0.134. The molecule has 4 heteroatoms. The molecule has 1 aromatic rings. The molecule has 1 amide bonds. The zero-order chi connectivity index (χ0) is 13.2. The third-order valence-corrected chi connectivity index (χ3v) is 4.18. The van der Waals surface area contributed by atoms with E-state index in [2.05, 4.69) is 17.4 Å². The van der Waals surface area contributed by atoms with Crippen LogP contribution in [0.25, 0.3) is 0 Å². The van der Waals surface area contributed by atoms with E-state index >= 15 is 0 Å². The van der Waals surface area contributed by atoms with Crippen molar-refractivity contribution in [3.8, 4) is 0 Å². The van der Waals surface area contributed by atoms with Crippen molar-refractivity contribution < 1.29 is 9.53 Å². The lowest BCUT2D eigenvalue weighted by Gasteiger charge is -2.31. The number of hydrogen-bond donors (Lipinski definition) is 1. The van der Waals surface area contributed by atoms with Gasteiger partial charge in [-0.3, -0.25) is 4.79 Å². The van der Waals surface area contributed by atoms with Crippen molar-refractivity contribution in [2.75, 3.05) is 20.3 Å². The first-order chi connectivity index (χ1) is 9.25. The van der Waals surface area contributed by atoms with Gasteiger partial charge in [0.1, 0.15) is 0 Å². The Labute approximate surface area is 113 Å². The Morgan fingerprint density at radius 2 is 2.16 bits per heavy atom. The minimum Gasteiger partial charge on any atom is -0.379 e. The fraction of sp³-hybridized carbons (Fsp3) is 0.533. The molecule has 4 nitrogen and oxygen atoms in total. The van der Waals surface area contributed by atoms with E-state index in [0.29, 0.717) is 6.61 Å². The molecule has 1 fully saturated rings. The Kier molecular flexibility index (Phi) is 3.53. The molecule has 102 valence electrons. The Morgan fingerprint density at radius 1 is 1.37 bits per heavy atom. The number of benzene rings is 1. The average Bonchev–Trinajstić information content (AvgIpc) is 2.99. The normalized spacial score (nSPS) is 25.9. The van der Waals surface area contributed by atoms with Crippen LogP contribution in [0.1, 0.15) is 17.5 Å². The van der Waals surface area contributed by atoms with Crippen molar-refractivity contribution in [3.63, 3.8) is 0 Å². The summed E-state index contributed by atoms with van der Waals surface area (Å²) in [5.74, 6) is 0.185. The van der Waals surface area contributed by atoms with Crippen molar-refractivity contribution in [1.82, 2.24) is 10.2 Å². The molecule has 0 radical (unpaired) electrons. The molecule has 1 N–H and O–H groups in total. The molecule has 0 aromatic heterocycles. The summed E-state index contributed by atoms with van der Waals surface area (Å²) in [6, 6.07) is 8.48. The average molecular weight is 260 g/mol. The summed E-state index contributed by atoms with van der Waals surface area (Å²) in [5, 5.41) is 3.35. The van der Waals surface area contributed by atoms with Gasteiger partial charge < -0.3 is 15.0 Å². The molecule has 0 saturated carbocycles. The third kappa shape index (κ3) is 2.51. The van der Waals surface area contributed by atoms with Gasteiger partial charge in [-0.05, 0) is 24.0 Å². The van der Waals surface area contributed by atoms with E-state index in [1.54, 1.807) is 0 Å². The fourth-order valence-corrected chi connectivity index (χ4v) is 2.88. The van der Waals surface area contributed by atoms with Crippen LogP contribution in [0, 0.1) is 0 Å². The van der Waals surface area contributed by atoms with Crippen LogP contribution < -0.4 is 5.32 Å². The summed E-state index contributed by atoms with van der Waals surface area (Å²) < 4.78 is 5.36. The highest BCUT2D eigenvalue weighted by molar-refractivity contribution is 5.82. The van der Waals surface area contributed by atoms with Gasteiger partial charge in [-0.1, -0.05) is 24.3 Å². The Hall–Kier alpha value is -1.39. The van der Waals surface area contributed by atoms with Gasteiger partial charge in [0.15, 0.2) is 0 Å². The molecule has 2 aliphatic rings. The van der Waals surface area contributed by atoms with E-state index in [0.717, 1.165) is 26.0 Å². The van der Waals surface area contributed by atoms with Crippen molar-refractivity contribution in [1.29, 1.82) is 0 Å². The maximum absolute atomic E-state index is 12.5. The number of amides is 1. The van der Waals surface area contributed by atoms with Crippen molar-refractivity contribution >= 4 is 5.91 Å². The van der Waals surface area contributed by atoms with Crippen LogP contribution in [-0.2, 0) is 22.5 Å². The number of likely N-dealkylation sites (N-methyl/N-ethyl adjacent to an activating group) is 1. The fourth-order valence-electron chi connectivity index (χ4n) is 2.88. The quantitative estimate of drug-likeness (QED) is 0.861. The molecule has 2 atom stereocenters. The van der Waals surface area contributed by atoms with E-state index in [-0.39, 0.29) is 18.0 Å². The molecule has 0 spiro atoms. The predicted octanol–water partition coefficient (Wildman–Crippen LogP) is 0.948. The third-order valence-electron chi connectivity index (χ3n) is 4.18. The highest BCUT2D eigenvalue weighted by Gasteiger charge is 2.31. The lowest BCUT2D eigenvalue weighted by atomic mass is 9.95. The number of nitrogens with zero attached hydrogens (tertiary/aromatic N) is 1. The number of hydrogen-bond acceptors (Lipinski definition) is 3. The van der Waals surface area contributed by atoms with Crippen LogP contribution in [0.15, 0.2) is 24.3 Å². The Bertz CT molecular complexity index is 469. The maximum atomic E-state index is 12.5. The van der Waals surface area contributed by atoms with E-state index in [9.17, 15) is 4.79 Å². The van der Waals surface area contributed by atoms with E-state index in [1.807, 2.05) is 24.1 Å². The number of carbonyl (C=O) groups excluding carboxylic acids is 1. The molecule has 3 rings (SSSR count). The van der Waals surface area contributed by atoms with Crippen LogP contribution in [-0.4, -0.2) is 43.2 Å². The number of carbonyl (C=O) groups is 1. The molecule has 1 saturated heterocycles. The van der Waals surface area contributed by atoms with Gasteiger partial charge in [0.2, 0.25) is 5.91 Å². The maximum Gasteiger partial charge on any atom is 0.240 e. The van der Waals surface area contributed by atoms with Gasteiger partial charge in [-0.2, -0.15) is 0 Å². The van der Waals surface area contributed by atoms with Gasteiger partial charge in [0.05, 0.1) is 18.7 Å². The van der Waals surface area contributed by atoms with Gasteiger partial charge in [0, 0.05) is 20.2 Å². The topological polar surface area (TPSA) is 41.6 Å². The molecule has 1 unspecified atom stereocenters. The van der Waals surface area contributed by atoms with Gasteiger partial charge >= 0.3 is 0 Å². The highest BCUT2D eigenvalue weighted by Crippen LogP contribution is 2.19. The summed E-state index contributed by atoms with van der Waals surface area (Å²) in [6.45, 7) is 2.22. The smallest absolute Gasteiger partial charge is 0.240 e. The van der Waals surface area contributed by atoms with E-state index < -0.39 is 0 Å². The standard InChI is InChI=1S/C15H20N2O2/c1-17(13-6-7-19-10-13)15(18)14-8-11-4-2-3-5-12(11)9-16-14/h2-5,13-14,16H,6-10H2,1H3/t13?,14-/m0/s1. The molecule has 19 heavy (non-hydrogen) atoms. The molecule has 1 aromatic carbocycles. The van der Waals surface area contributed by atoms with Gasteiger partial charge in [-0.15, -0.1) is 0 Å². The predicted molar refractivity (Wildman–Crippen MR) is 72.8 cm³/mol. The summed E-state index contributed by atoms with van der Waals surface area (Å²) in [4.78, 5) is 14.4. The minimum absolute atomic E-state index is 0.0968.